The molecule has 0 saturated carbocycles. The lowest BCUT2D eigenvalue weighted by molar-refractivity contribution is -0.0157. The Hall–Kier alpha value is -0.160. The van der Waals surface area contributed by atoms with E-state index in [0.717, 1.165) is 0 Å². The second kappa shape index (κ2) is 4.62. The third kappa shape index (κ3) is 3.79. The van der Waals surface area contributed by atoms with Crippen LogP contribution in [0, 0.1) is 0 Å². The van der Waals surface area contributed by atoms with E-state index in [-0.39, 0.29) is 13.0 Å². The molecule has 0 fully saturated rings. The van der Waals surface area contributed by atoms with Crippen LogP contribution in [0.4, 0.5) is 0 Å². The summed E-state index contributed by atoms with van der Waals surface area (Å²) in [6.45, 7) is 1.04. The molecule has 0 rings (SSSR count). The summed E-state index contributed by atoms with van der Waals surface area (Å²) in [5.74, 6) is 0. The van der Waals surface area contributed by atoms with Gasteiger partial charge in [0, 0.05) is 6.42 Å². The smallest absolute Gasteiger partial charge is 0.0821 e. The summed E-state index contributed by atoms with van der Waals surface area (Å²) in [4.78, 5) is 0. The van der Waals surface area contributed by atoms with Gasteiger partial charge < -0.3 is 20.4 Å². The molecule has 0 aromatic heterocycles. The number of rotatable bonds is 4. The quantitative estimate of drug-likeness (QED) is 0.392. The zero-order valence-corrected chi connectivity index (χ0v) is 5.94. The van der Waals surface area contributed by atoms with E-state index in [2.05, 4.69) is 0 Å². The topological polar surface area (TPSA) is 80.9 Å². The predicted molar refractivity (Wildman–Crippen MR) is 35.4 cm³/mol. The molecule has 0 aromatic rings. The molecular formula is C6H14O4. The zero-order chi connectivity index (χ0) is 8.15. The first-order valence-corrected chi connectivity index (χ1v) is 3.23. The van der Waals surface area contributed by atoms with E-state index in [0.29, 0.717) is 0 Å². The van der Waals surface area contributed by atoms with Gasteiger partial charge in [0.05, 0.1) is 24.9 Å². The largest absolute Gasteiger partial charge is 0.394 e. The maximum atomic E-state index is 8.91. The molecule has 62 valence electrons. The third-order valence-corrected chi connectivity index (χ3v) is 1.28. The average molecular weight is 150 g/mol. The molecule has 0 aromatic carbocycles. The molecule has 0 saturated heterocycles. The van der Waals surface area contributed by atoms with Gasteiger partial charge in [-0.2, -0.15) is 0 Å². The van der Waals surface area contributed by atoms with Gasteiger partial charge in [0.15, 0.2) is 0 Å². The Labute approximate surface area is 59.7 Å². The molecule has 0 aliphatic carbocycles. The second-order valence-corrected chi connectivity index (χ2v) is 2.38. The lowest BCUT2D eigenvalue weighted by Gasteiger charge is -2.15. The molecule has 0 heterocycles. The van der Waals surface area contributed by atoms with Crippen LogP contribution in [0.5, 0.6) is 0 Å². The molecule has 0 radical (unpaired) electrons. The highest BCUT2D eigenvalue weighted by Crippen LogP contribution is 2.01. The normalized spacial score (nSPS) is 20.1. The van der Waals surface area contributed by atoms with Crippen molar-refractivity contribution in [1.29, 1.82) is 0 Å². The number of hydrogen-bond donors (Lipinski definition) is 4. The van der Waals surface area contributed by atoms with Crippen LogP contribution in [0.2, 0.25) is 0 Å². The second-order valence-electron chi connectivity index (χ2n) is 2.38. The first-order chi connectivity index (χ1) is 4.57. The predicted octanol–water partition coefficient (Wildman–Crippen LogP) is -1.53. The average Bonchev–Trinajstić information content (AvgIpc) is 1.87. The molecule has 3 atom stereocenters. The fraction of sp³-hybridized carbons (Fsp3) is 1.00. The van der Waals surface area contributed by atoms with Crippen molar-refractivity contribution in [1.82, 2.24) is 0 Å². The molecule has 0 unspecified atom stereocenters. The van der Waals surface area contributed by atoms with Gasteiger partial charge >= 0.3 is 0 Å². The Bertz CT molecular complexity index is 83.8. The van der Waals surface area contributed by atoms with Gasteiger partial charge in [-0.25, -0.2) is 0 Å². The van der Waals surface area contributed by atoms with Crippen LogP contribution >= 0.6 is 0 Å². The number of aliphatic hydroxyl groups excluding tert-OH is 4. The van der Waals surface area contributed by atoms with Crippen LogP contribution in [0.15, 0.2) is 0 Å². The van der Waals surface area contributed by atoms with Crippen LogP contribution in [-0.2, 0) is 0 Å². The first-order valence-electron chi connectivity index (χ1n) is 3.23. The van der Waals surface area contributed by atoms with Crippen molar-refractivity contribution in [3.8, 4) is 0 Å². The molecule has 4 nitrogen and oxygen atoms in total. The Balaban J connectivity index is 3.46. The fourth-order valence-corrected chi connectivity index (χ4v) is 0.550. The molecule has 0 spiro atoms. The van der Waals surface area contributed by atoms with Gasteiger partial charge in [-0.15, -0.1) is 0 Å². The molecule has 0 bridgehead atoms. The molecule has 10 heavy (non-hydrogen) atoms. The number of aliphatic hydroxyl groups is 4. The SMILES string of the molecule is C[C@H](O)[C@H](O)C[C@@H](O)CO. The summed E-state index contributed by atoms with van der Waals surface area (Å²) >= 11 is 0. The Kier molecular flexibility index (Phi) is 4.55. The van der Waals surface area contributed by atoms with E-state index in [1.54, 1.807) is 0 Å². The maximum Gasteiger partial charge on any atom is 0.0821 e. The van der Waals surface area contributed by atoms with E-state index in [1.807, 2.05) is 0 Å². The minimum absolute atomic E-state index is 0.00810. The van der Waals surface area contributed by atoms with Crippen molar-refractivity contribution in [3.05, 3.63) is 0 Å². The molecule has 0 aliphatic heterocycles. The van der Waals surface area contributed by atoms with E-state index in [9.17, 15) is 0 Å². The van der Waals surface area contributed by atoms with Crippen molar-refractivity contribution in [2.45, 2.75) is 31.7 Å². The standard InChI is InChI=1S/C6H14O4/c1-4(8)6(10)2-5(9)3-7/h4-10H,2-3H2,1H3/t4-,5+,6+/m0/s1. The Morgan fingerprint density at radius 1 is 1.20 bits per heavy atom. The van der Waals surface area contributed by atoms with Crippen LogP contribution in [0.25, 0.3) is 0 Å². The summed E-state index contributed by atoms with van der Waals surface area (Å²) < 4.78 is 0. The summed E-state index contributed by atoms with van der Waals surface area (Å²) in [5, 5.41) is 34.7. The minimum atomic E-state index is -0.956. The number of hydrogen-bond acceptors (Lipinski definition) is 4. The van der Waals surface area contributed by atoms with Gasteiger partial charge in [0.25, 0.3) is 0 Å². The van der Waals surface area contributed by atoms with E-state index in [4.69, 9.17) is 20.4 Å². The van der Waals surface area contributed by atoms with Crippen molar-refractivity contribution < 1.29 is 20.4 Å². The van der Waals surface area contributed by atoms with Gasteiger partial charge in [-0.3, -0.25) is 0 Å². The monoisotopic (exact) mass is 150 g/mol. The van der Waals surface area contributed by atoms with E-state index in [1.165, 1.54) is 6.92 Å². The highest BCUT2D eigenvalue weighted by atomic mass is 16.3. The van der Waals surface area contributed by atoms with Crippen molar-refractivity contribution in [2.24, 2.45) is 0 Å². The lowest BCUT2D eigenvalue weighted by Crippen LogP contribution is -2.29. The van der Waals surface area contributed by atoms with E-state index < -0.39 is 18.3 Å². The van der Waals surface area contributed by atoms with Gasteiger partial charge in [0.2, 0.25) is 0 Å². The van der Waals surface area contributed by atoms with Crippen molar-refractivity contribution >= 4 is 0 Å². The lowest BCUT2D eigenvalue weighted by atomic mass is 10.1. The molecule has 4 N–H and O–H groups in total. The molecule has 0 aliphatic rings. The maximum absolute atomic E-state index is 8.91. The van der Waals surface area contributed by atoms with Crippen LogP contribution in [0.3, 0.4) is 0 Å². The summed E-state index contributed by atoms with van der Waals surface area (Å²) in [7, 11) is 0. The van der Waals surface area contributed by atoms with Gasteiger partial charge in [-0.05, 0) is 6.92 Å². The summed E-state index contributed by atoms with van der Waals surface area (Å²) in [5.41, 5.74) is 0. The first kappa shape index (κ1) is 9.84. The van der Waals surface area contributed by atoms with Gasteiger partial charge in [-0.1, -0.05) is 0 Å². The van der Waals surface area contributed by atoms with Gasteiger partial charge in [0.1, 0.15) is 0 Å². The van der Waals surface area contributed by atoms with Crippen LogP contribution < -0.4 is 0 Å². The molecular weight excluding hydrogens is 136 g/mol. The summed E-state index contributed by atoms with van der Waals surface area (Å²) in [6, 6.07) is 0. The third-order valence-electron chi connectivity index (χ3n) is 1.28. The fourth-order valence-electron chi connectivity index (χ4n) is 0.550. The van der Waals surface area contributed by atoms with Crippen molar-refractivity contribution in [2.75, 3.05) is 6.61 Å². The highest BCUT2D eigenvalue weighted by Gasteiger charge is 2.14. The molecule has 4 heteroatoms. The minimum Gasteiger partial charge on any atom is -0.394 e. The van der Waals surface area contributed by atoms with Crippen molar-refractivity contribution in [3.63, 3.8) is 0 Å². The van der Waals surface area contributed by atoms with E-state index >= 15 is 0 Å². The van der Waals surface area contributed by atoms with Crippen LogP contribution in [-0.4, -0.2) is 45.3 Å². The zero-order valence-electron chi connectivity index (χ0n) is 5.94. The highest BCUT2D eigenvalue weighted by molar-refractivity contribution is 4.66. The van der Waals surface area contributed by atoms with Crippen LogP contribution in [0.1, 0.15) is 13.3 Å². The molecule has 0 amide bonds. The Morgan fingerprint density at radius 3 is 2.00 bits per heavy atom. The summed E-state index contributed by atoms with van der Waals surface area (Å²) in [6.07, 6.45) is -2.75. The Morgan fingerprint density at radius 2 is 1.70 bits per heavy atom.